The molecule has 0 N–H and O–H groups in total. The van der Waals surface area contributed by atoms with Gasteiger partial charge in [-0.15, -0.1) is 0 Å². The van der Waals surface area contributed by atoms with E-state index in [1.165, 1.54) is 12.5 Å². The third-order valence-corrected chi connectivity index (χ3v) is 13.7. The molecule has 1 unspecified atom stereocenters. The van der Waals surface area contributed by atoms with Crippen molar-refractivity contribution in [3.63, 3.8) is 0 Å². The Balaban J connectivity index is 1.07. The maximum absolute atomic E-state index is 14.1. The molecule has 6 fully saturated rings. The monoisotopic (exact) mass is 805 g/mol. The van der Waals surface area contributed by atoms with Crippen LogP contribution >= 0.6 is 23.2 Å². The predicted octanol–water partition coefficient (Wildman–Crippen LogP) is 12.6. The fourth-order valence-electron chi connectivity index (χ4n) is 10.6. The Morgan fingerprint density at radius 1 is 0.891 bits per heavy atom. The molecule has 0 aromatic heterocycles. The van der Waals surface area contributed by atoms with Gasteiger partial charge in [-0.3, -0.25) is 0 Å². The molecule has 0 radical (unpaired) electrons. The van der Waals surface area contributed by atoms with E-state index in [0.717, 1.165) is 94.8 Å². The lowest BCUT2D eigenvalue weighted by Crippen LogP contribution is -2.59. The SMILES string of the molecule is CCCCN(CCCC)CCC(OC(=O)O[C@H]1CCC[C@]2(C1)OOC1(O2)C2CC3CC(C2)CC1C3)c1cc2c(Cl)cc(Cl)cc2c2cc(C(F)(F)F)ccc12. The minimum absolute atomic E-state index is 0.292. The molecule has 5 aliphatic carbocycles. The zero-order valence-electron chi connectivity index (χ0n) is 31.7. The van der Waals surface area contributed by atoms with Gasteiger partial charge in [-0.2, -0.15) is 22.9 Å². The topological polar surface area (TPSA) is 66.5 Å². The summed E-state index contributed by atoms with van der Waals surface area (Å²) in [4.78, 5) is 28.6. The molecule has 1 saturated heterocycles. The van der Waals surface area contributed by atoms with Crippen molar-refractivity contribution < 1.29 is 42.0 Å². The summed E-state index contributed by atoms with van der Waals surface area (Å²) in [6.45, 7) is 6.70. The standard InChI is InChI=1S/C43H52Cl2F3NO6/c1-3-5-13-49(14-6-4-2)15-11-39(37-24-36-35(22-31(44)23-38(36)45)34-21-28(43(46,47)48)9-10-33(34)37)52-40(50)51-32-8-7-12-41(25-32)53-42(55-54-41)29-17-26-16-27(19-29)20-30(42)18-26/h9-10,21-24,26-27,29-30,32,39H,3-8,11-20,25H2,1-2H3/t26?,27?,29?,30?,32-,39?,41+,42?/m0/s1. The minimum atomic E-state index is -4.57. The second-order valence-corrected chi connectivity index (χ2v) is 17.8. The van der Waals surface area contributed by atoms with E-state index < -0.39 is 41.7 Å². The van der Waals surface area contributed by atoms with Gasteiger partial charge in [0.2, 0.25) is 11.6 Å². The van der Waals surface area contributed by atoms with Crippen LogP contribution in [0.5, 0.6) is 0 Å². The lowest BCUT2D eigenvalue weighted by Gasteiger charge is -2.57. The van der Waals surface area contributed by atoms with Gasteiger partial charge in [0, 0.05) is 58.6 Å². The highest BCUT2D eigenvalue weighted by atomic mass is 35.5. The molecule has 3 atom stereocenters. The molecule has 3 aromatic carbocycles. The van der Waals surface area contributed by atoms with Crippen LogP contribution < -0.4 is 0 Å². The molecule has 5 saturated carbocycles. The van der Waals surface area contributed by atoms with Crippen LogP contribution in [-0.4, -0.2) is 48.4 Å². The molecule has 1 aliphatic heterocycles. The van der Waals surface area contributed by atoms with Gasteiger partial charge in [-0.1, -0.05) is 56.0 Å². The van der Waals surface area contributed by atoms with E-state index >= 15 is 0 Å². The molecule has 7 nitrogen and oxygen atoms in total. The molecular formula is C43H52Cl2F3NO6. The number of benzene rings is 3. The van der Waals surface area contributed by atoms with Crippen LogP contribution in [0.4, 0.5) is 18.0 Å². The van der Waals surface area contributed by atoms with Crippen molar-refractivity contribution in [2.75, 3.05) is 19.6 Å². The van der Waals surface area contributed by atoms with Crippen molar-refractivity contribution in [1.29, 1.82) is 0 Å². The Labute approximate surface area is 331 Å². The maximum atomic E-state index is 14.1. The third-order valence-electron chi connectivity index (χ3n) is 13.1. The number of carbonyl (C=O) groups is 1. The van der Waals surface area contributed by atoms with Gasteiger partial charge in [-0.05, 0) is 129 Å². The van der Waals surface area contributed by atoms with Crippen LogP contribution in [0.15, 0.2) is 36.4 Å². The number of hydrogen-bond donors (Lipinski definition) is 0. The molecule has 2 spiro atoms. The Hall–Kier alpha value is -2.34. The van der Waals surface area contributed by atoms with E-state index in [1.807, 2.05) is 6.07 Å². The first-order valence-corrected chi connectivity index (χ1v) is 21.2. The Kier molecular flexibility index (Phi) is 11.3. The average molecular weight is 807 g/mol. The first-order valence-electron chi connectivity index (χ1n) is 20.5. The summed E-state index contributed by atoms with van der Waals surface area (Å²) in [7, 11) is 0. The highest BCUT2D eigenvalue weighted by Crippen LogP contribution is 2.64. The predicted molar refractivity (Wildman–Crippen MR) is 206 cm³/mol. The largest absolute Gasteiger partial charge is 0.509 e. The Morgan fingerprint density at radius 3 is 2.25 bits per heavy atom. The summed E-state index contributed by atoms with van der Waals surface area (Å²) < 4.78 is 61.4. The van der Waals surface area contributed by atoms with Crippen LogP contribution in [0, 0.1) is 23.7 Å². The van der Waals surface area contributed by atoms with Crippen molar-refractivity contribution in [3.05, 3.63) is 57.6 Å². The van der Waals surface area contributed by atoms with Crippen molar-refractivity contribution in [2.24, 2.45) is 23.7 Å². The van der Waals surface area contributed by atoms with Crippen molar-refractivity contribution in [2.45, 2.75) is 134 Å². The smallest absolute Gasteiger partial charge is 0.431 e. The van der Waals surface area contributed by atoms with Crippen molar-refractivity contribution in [1.82, 2.24) is 4.90 Å². The fraction of sp³-hybridized carbons (Fsp3) is 0.651. The van der Waals surface area contributed by atoms with E-state index in [1.54, 1.807) is 12.1 Å². The third kappa shape index (κ3) is 7.94. The number of unbranched alkanes of at least 4 members (excludes halogenated alkanes) is 2. The number of carbonyl (C=O) groups excluding carboxylic acids is 1. The summed E-state index contributed by atoms with van der Waals surface area (Å²) in [5.41, 5.74) is -0.234. The maximum Gasteiger partial charge on any atom is 0.509 e. The molecule has 6 aliphatic rings. The number of alkyl halides is 3. The number of rotatable bonds is 12. The lowest BCUT2D eigenvalue weighted by atomic mass is 9.53. The second-order valence-electron chi connectivity index (χ2n) is 16.9. The number of nitrogens with zero attached hydrogens (tertiary/aromatic N) is 1. The number of fused-ring (bicyclic) bond motifs is 3. The normalized spacial score (nSPS) is 30.7. The van der Waals surface area contributed by atoms with Gasteiger partial charge in [0.25, 0.3) is 0 Å². The van der Waals surface area contributed by atoms with Gasteiger partial charge in [-0.25, -0.2) is 4.79 Å². The highest BCUT2D eigenvalue weighted by molar-refractivity contribution is 6.39. The number of ether oxygens (including phenoxy) is 3. The summed E-state index contributed by atoms with van der Waals surface area (Å²) in [6, 6.07) is 8.66. The van der Waals surface area contributed by atoms with E-state index in [9.17, 15) is 18.0 Å². The fourth-order valence-corrected chi connectivity index (χ4v) is 11.2. The minimum Gasteiger partial charge on any atom is -0.431 e. The van der Waals surface area contributed by atoms with E-state index in [4.69, 9.17) is 47.2 Å². The van der Waals surface area contributed by atoms with Crippen LogP contribution in [0.1, 0.15) is 121 Å². The molecule has 0 amide bonds. The molecule has 300 valence electrons. The van der Waals surface area contributed by atoms with Crippen molar-refractivity contribution >= 4 is 50.9 Å². The zero-order chi connectivity index (χ0) is 38.5. The van der Waals surface area contributed by atoms with E-state index in [2.05, 4.69) is 18.7 Å². The molecule has 1 heterocycles. The Morgan fingerprint density at radius 2 is 1.58 bits per heavy atom. The molecule has 9 rings (SSSR count). The number of halogens is 5. The zero-order valence-corrected chi connectivity index (χ0v) is 33.2. The molecule has 12 heteroatoms. The van der Waals surface area contributed by atoms with Gasteiger partial charge in [0.05, 0.1) is 5.56 Å². The summed E-state index contributed by atoms with van der Waals surface area (Å²) in [5, 5.41) is 2.45. The van der Waals surface area contributed by atoms with E-state index in [-0.39, 0.29) is 0 Å². The van der Waals surface area contributed by atoms with Crippen LogP contribution in [0.25, 0.3) is 21.5 Å². The average Bonchev–Trinajstić information content (AvgIpc) is 3.50. The van der Waals surface area contributed by atoms with Gasteiger partial charge >= 0.3 is 12.3 Å². The van der Waals surface area contributed by atoms with E-state index in [0.29, 0.717) is 81.2 Å². The summed E-state index contributed by atoms with van der Waals surface area (Å²) >= 11 is 13.1. The Bertz CT molecular complexity index is 1850. The summed E-state index contributed by atoms with van der Waals surface area (Å²) in [5.74, 6) is 0.410. The first-order chi connectivity index (χ1) is 26.4. The summed E-state index contributed by atoms with van der Waals surface area (Å²) in [6.07, 6.45) is 5.81. The van der Waals surface area contributed by atoms with Crippen molar-refractivity contribution in [3.8, 4) is 0 Å². The molecule has 3 aromatic rings. The van der Waals surface area contributed by atoms with Gasteiger partial charge in [0.15, 0.2) is 0 Å². The quantitative estimate of drug-likeness (QED) is 0.103. The lowest BCUT2D eigenvalue weighted by molar-refractivity contribution is -0.390. The first kappa shape index (κ1) is 39.5. The molecule has 55 heavy (non-hydrogen) atoms. The highest BCUT2D eigenvalue weighted by Gasteiger charge is 2.67. The van der Waals surface area contributed by atoms with Crippen LogP contribution in [0.2, 0.25) is 10.0 Å². The number of hydrogen-bond acceptors (Lipinski definition) is 7. The molecular weight excluding hydrogens is 754 g/mol. The van der Waals surface area contributed by atoms with Crippen LogP contribution in [0.3, 0.4) is 0 Å². The van der Waals surface area contributed by atoms with Gasteiger partial charge < -0.3 is 19.1 Å². The van der Waals surface area contributed by atoms with Gasteiger partial charge in [0.1, 0.15) is 12.2 Å². The van der Waals surface area contributed by atoms with Crippen LogP contribution in [-0.2, 0) is 30.2 Å². The second kappa shape index (κ2) is 15.8. The molecule has 4 bridgehead atoms.